The van der Waals surface area contributed by atoms with Crippen LogP contribution in [0.25, 0.3) is 0 Å². The summed E-state index contributed by atoms with van der Waals surface area (Å²) in [6.07, 6.45) is -0.647. The molecule has 2 N–H and O–H groups in total. The maximum absolute atomic E-state index is 10.8. The second-order valence-electron chi connectivity index (χ2n) is 2.06. The third-order valence-electron chi connectivity index (χ3n) is 0.815. The van der Waals surface area contributed by atoms with Crippen LogP contribution in [0.1, 0.15) is 6.92 Å². The zero-order valence-electron chi connectivity index (χ0n) is 5.77. The van der Waals surface area contributed by atoms with Crippen molar-refractivity contribution < 1.29 is 9.90 Å². The van der Waals surface area contributed by atoms with Crippen LogP contribution in [0.5, 0.6) is 0 Å². The topological polar surface area (TPSA) is 49.3 Å². The van der Waals surface area contributed by atoms with Crippen molar-refractivity contribution in [2.75, 3.05) is 6.54 Å². The number of amides is 1. The fraction of sp³-hybridized carbons (Fsp3) is 0.800. The van der Waals surface area contributed by atoms with Gasteiger partial charge in [0.05, 0.1) is 6.10 Å². The van der Waals surface area contributed by atoms with Gasteiger partial charge in [-0.05, 0) is 6.92 Å². The molecule has 0 aliphatic heterocycles. The lowest BCUT2D eigenvalue weighted by Crippen LogP contribution is -2.38. The Kier molecular flexibility index (Phi) is 4.48. The summed E-state index contributed by atoms with van der Waals surface area (Å²) in [5.41, 5.74) is 0. The highest BCUT2D eigenvalue weighted by Crippen LogP contribution is 2.25. The number of carbonyl (C=O) groups is 1. The molecule has 0 saturated carbocycles. The van der Waals surface area contributed by atoms with Crippen molar-refractivity contribution in [1.82, 2.24) is 5.32 Å². The zero-order valence-corrected chi connectivity index (χ0v) is 8.04. The van der Waals surface area contributed by atoms with E-state index in [9.17, 15) is 4.79 Å². The van der Waals surface area contributed by atoms with Gasteiger partial charge in [0.1, 0.15) is 0 Å². The number of hydrogen-bond donors (Lipinski definition) is 2. The maximum atomic E-state index is 10.8. The van der Waals surface area contributed by atoms with E-state index in [1.54, 1.807) is 0 Å². The molecular weight excluding hydrogens is 212 g/mol. The molecule has 6 heteroatoms. The van der Waals surface area contributed by atoms with Crippen LogP contribution in [0.3, 0.4) is 0 Å². The quantitative estimate of drug-likeness (QED) is 0.678. The van der Waals surface area contributed by atoms with Crippen LogP contribution < -0.4 is 5.32 Å². The van der Waals surface area contributed by atoms with Crippen LogP contribution in [0.15, 0.2) is 0 Å². The summed E-state index contributed by atoms with van der Waals surface area (Å²) in [5, 5.41) is 11.0. The van der Waals surface area contributed by atoms with Gasteiger partial charge >= 0.3 is 0 Å². The minimum absolute atomic E-state index is 0.0761. The van der Waals surface area contributed by atoms with Crippen molar-refractivity contribution in [3.8, 4) is 0 Å². The molecule has 0 aliphatic rings. The minimum Gasteiger partial charge on any atom is -0.392 e. The van der Waals surface area contributed by atoms with Crippen LogP contribution in [0, 0.1) is 0 Å². The zero-order chi connectivity index (χ0) is 9.07. The smallest absolute Gasteiger partial charge is 0.272 e. The van der Waals surface area contributed by atoms with Gasteiger partial charge in [0.2, 0.25) is 0 Å². The van der Waals surface area contributed by atoms with E-state index in [1.165, 1.54) is 6.92 Å². The largest absolute Gasteiger partial charge is 0.392 e. The van der Waals surface area contributed by atoms with Crippen LogP contribution in [0.2, 0.25) is 0 Å². The van der Waals surface area contributed by atoms with E-state index in [-0.39, 0.29) is 6.54 Å². The third-order valence-corrected chi connectivity index (χ3v) is 1.33. The molecule has 1 amide bonds. The van der Waals surface area contributed by atoms with Gasteiger partial charge in [-0.3, -0.25) is 4.79 Å². The highest BCUT2D eigenvalue weighted by Gasteiger charge is 2.30. The van der Waals surface area contributed by atoms with E-state index in [1.807, 2.05) is 0 Å². The van der Waals surface area contributed by atoms with Gasteiger partial charge in [-0.1, -0.05) is 34.8 Å². The van der Waals surface area contributed by atoms with Crippen molar-refractivity contribution in [3.05, 3.63) is 0 Å². The summed E-state index contributed by atoms with van der Waals surface area (Å²) in [7, 11) is 0. The van der Waals surface area contributed by atoms with Crippen LogP contribution in [-0.4, -0.2) is 27.5 Å². The van der Waals surface area contributed by atoms with Crippen molar-refractivity contribution in [2.45, 2.75) is 16.8 Å². The number of hydrogen-bond acceptors (Lipinski definition) is 2. The highest BCUT2D eigenvalue weighted by atomic mass is 35.6. The second kappa shape index (κ2) is 4.36. The number of rotatable bonds is 2. The third kappa shape index (κ3) is 5.56. The summed E-state index contributed by atoms with van der Waals surface area (Å²) in [6.45, 7) is 1.59. The van der Waals surface area contributed by atoms with Gasteiger partial charge in [-0.25, -0.2) is 0 Å². The number of aliphatic hydroxyl groups excluding tert-OH is 1. The number of aliphatic hydroxyl groups is 1. The molecule has 1 atom stereocenters. The fourth-order valence-corrected chi connectivity index (χ4v) is 0.541. The average molecular weight is 220 g/mol. The molecule has 11 heavy (non-hydrogen) atoms. The fourth-order valence-electron chi connectivity index (χ4n) is 0.341. The van der Waals surface area contributed by atoms with E-state index in [0.29, 0.717) is 0 Å². The minimum atomic E-state index is -1.95. The molecule has 0 rings (SSSR count). The van der Waals surface area contributed by atoms with E-state index in [0.717, 1.165) is 0 Å². The molecule has 0 bridgehead atoms. The highest BCUT2D eigenvalue weighted by molar-refractivity contribution is 6.76. The van der Waals surface area contributed by atoms with Crippen LogP contribution in [-0.2, 0) is 4.79 Å². The molecule has 0 fully saturated rings. The molecule has 0 aliphatic carbocycles. The Morgan fingerprint density at radius 1 is 1.64 bits per heavy atom. The van der Waals surface area contributed by atoms with Crippen molar-refractivity contribution in [3.63, 3.8) is 0 Å². The number of alkyl halides is 3. The van der Waals surface area contributed by atoms with Gasteiger partial charge in [-0.15, -0.1) is 0 Å². The Labute approximate surface area is 79.6 Å². The average Bonchev–Trinajstić information content (AvgIpc) is 1.80. The Morgan fingerprint density at radius 2 is 2.09 bits per heavy atom. The standard InChI is InChI=1S/C5H8Cl3NO2/c1-3(10)2-9-4(11)5(6,7)8/h3,10H,2H2,1H3,(H,9,11)/t3-/m1/s1. The molecule has 0 aromatic carbocycles. The molecule has 3 nitrogen and oxygen atoms in total. The first-order chi connectivity index (χ1) is 4.84. The second-order valence-corrected chi connectivity index (χ2v) is 4.34. The molecule has 0 aromatic heterocycles. The summed E-state index contributed by atoms with van der Waals surface area (Å²) in [6, 6.07) is 0. The number of halogens is 3. The van der Waals surface area contributed by atoms with E-state index in [2.05, 4.69) is 5.32 Å². The van der Waals surface area contributed by atoms with Crippen LogP contribution in [0.4, 0.5) is 0 Å². The van der Waals surface area contributed by atoms with E-state index in [4.69, 9.17) is 39.9 Å². The van der Waals surface area contributed by atoms with Crippen molar-refractivity contribution in [2.24, 2.45) is 0 Å². The molecule has 66 valence electrons. The normalized spacial score (nSPS) is 14.3. The van der Waals surface area contributed by atoms with Gasteiger partial charge in [0.15, 0.2) is 0 Å². The molecule has 0 unspecified atom stereocenters. The number of nitrogens with one attached hydrogen (secondary N) is 1. The lowest BCUT2D eigenvalue weighted by Gasteiger charge is -2.11. The first kappa shape index (κ1) is 11.3. The Morgan fingerprint density at radius 3 is 2.36 bits per heavy atom. The first-order valence-electron chi connectivity index (χ1n) is 2.87. The predicted molar refractivity (Wildman–Crippen MR) is 45.0 cm³/mol. The van der Waals surface area contributed by atoms with Crippen molar-refractivity contribution in [1.29, 1.82) is 0 Å². The molecule has 0 heterocycles. The Hall–Kier alpha value is 0.300. The molecule has 0 aromatic rings. The summed E-state index contributed by atoms with van der Waals surface area (Å²) < 4.78 is -1.95. The van der Waals surface area contributed by atoms with Gasteiger partial charge in [-0.2, -0.15) is 0 Å². The summed E-state index contributed by atoms with van der Waals surface area (Å²) in [5.74, 6) is -0.733. The summed E-state index contributed by atoms with van der Waals surface area (Å²) >= 11 is 15.6. The van der Waals surface area contributed by atoms with E-state index < -0.39 is 15.8 Å². The van der Waals surface area contributed by atoms with Crippen molar-refractivity contribution >= 4 is 40.7 Å². The van der Waals surface area contributed by atoms with E-state index >= 15 is 0 Å². The first-order valence-corrected chi connectivity index (χ1v) is 4.00. The monoisotopic (exact) mass is 219 g/mol. The predicted octanol–water partition coefficient (Wildman–Crippen LogP) is 0.854. The number of carbonyl (C=O) groups excluding carboxylic acids is 1. The summed E-state index contributed by atoms with van der Waals surface area (Å²) in [4.78, 5) is 10.8. The Bertz CT molecular complexity index is 143. The lowest BCUT2D eigenvalue weighted by atomic mass is 10.4. The Balaban J connectivity index is 3.71. The van der Waals surface area contributed by atoms with Crippen LogP contribution >= 0.6 is 34.8 Å². The maximum Gasteiger partial charge on any atom is 0.272 e. The van der Waals surface area contributed by atoms with Gasteiger partial charge < -0.3 is 10.4 Å². The lowest BCUT2D eigenvalue weighted by molar-refractivity contribution is -0.120. The molecular formula is C5H8Cl3NO2. The molecule has 0 radical (unpaired) electrons. The SMILES string of the molecule is C[C@@H](O)CNC(=O)C(Cl)(Cl)Cl. The molecule has 0 saturated heterocycles. The van der Waals surface area contributed by atoms with Gasteiger partial charge in [0.25, 0.3) is 9.70 Å². The van der Waals surface area contributed by atoms with Gasteiger partial charge in [0, 0.05) is 6.54 Å². The molecule has 0 spiro atoms.